The van der Waals surface area contributed by atoms with Crippen LogP contribution in [0.15, 0.2) is 48.5 Å². The summed E-state index contributed by atoms with van der Waals surface area (Å²) in [5.41, 5.74) is 3.09. The van der Waals surface area contributed by atoms with Crippen LogP contribution in [0.4, 0.5) is 0 Å². The molecule has 0 aliphatic carbocycles. The van der Waals surface area contributed by atoms with Crippen molar-refractivity contribution in [3.63, 3.8) is 0 Å². The van der Waals surface area contributed by atoms with E-state index >= 15 is 0 Å². The van der Waals surface area contributed by atoms with Crippen LogP contribution in [-0.2, 0) is 27.8 Å². The van der Waals surface area contributed by atoms with Crippen molar-refractivity contribution >= 4 is 15.9 Å². The second-order valence-corrected chi connectivity index (χ2v) is 9.77. The quantitative estimate of drug-likeness (QED) is 0.553. The molecule has 2 rings (SSSR count). The molecule has 1 N–H and O–H groups in total. The van der Waals surface area contributed by atoms with Gasteiger partial charge in [0.25, 0.3) is 0 Å². The number of sulfonamides is 1. The van der Waals surface area contributed by atoms with Gasteiger partial charge >= 0.3 is 0 Å². The molecule has 7 heteroatoms. The van der Waals surface area contributed by atoms with Crippen molar-refractivity contribution in [3.05, 3.63) is 65.2 Å². The van der Waals surface area contributed by atoms with E-state index in [1.807, 2.05) is 69.3 Å². The molecule has 0 aliphatic heterocycles. The minimum absolute atomic E-state index is 0.122. The van der Waals surface area contributed by atoms with Gasteiger partial charge in [0.15, 0.2) is 0 Å². The Morgan fingerprint density at radius 3 is 2.43 bits per heavy atom. The number of hydrogen-bond acceptors (Lipinski definition) is 4. The molecule has 2 aromatic carbocycles. The standard InChI is InChI=1S/C23H32N2O4S/c1-18(2)29-22-9-5-7-20(15-22)8-6-14-24-23(26)17-25(30(4,27)28)16-21-12-10-19(3)11-13-21/h5,7,9-13,15,18H,6,8,14,16-17H2,1-4H3,(H,24,26). The largest absolute Gasteiger partial charge is 0.491 e. The zero-order valence-corrected chi connectivity index (χ0v) is 19.0. The molecule has 0 atom stereocenters. The summed E-state index contributed by atoms with van der Waals surface area (Å²) in [4.78, 5) is 12.3. The lowest BCUT2D eigenvalue weighted by atomic mass is 10.1. The first-order valence-corrected chi connectivity index (χ1v) is 12.0. The van der Waals surface area contributed by atoms with Crippen LogP contribution in [0.3, 0.4) is 0 Å². The number of benzene rings is 2. The van der Waals surface area contributed by atoms with Crippen LogP contribution in [0.25, 0.3) is 0 Å². The molecule has 0 spiro atoms. The van der Waals surface area contributed by atoms with E-state index in [9.17, 15) is 13.2 Å². The highest BCUT2D eigenvalue weighted by Crippen LogP contribution is 2.16. The van der Waals surface area contributed by atoms with Gasteiger partial charge in [-0.15, -0.1) is 0 Å². The van der Waals surface area contributed by atoms with Gasteiger partial charge in [0.2, 0.25) is 15.9 Å². The first-order valence-electron chi connectivity index (χ1n) is 10.2. The van der Waals surface area contributed by atoms with Crippen LogP contribution in [0.2, 0.25) is 0 Å². The van der Waals surface area contributed by atoms with Crippen LogP contribution in [-0.4, -0.2) is 44.1 Å². The van der Waals surface area contributed by atoms with Crippen molar-refractivity contribution in [2.45, 2.75) is 46.3 Å². The Morgan fingerprint density at radius 1 is 1.10 bits per heavy atom. The molecular formula is C23H32N2O4S. The average Bonchev–Trinajstić information content (AvgIpc) is 2.65. The number of carbonyl (C=O) groups is 1. The molecule has 1 amide bonds. The van der Waals surface area contributed by atoms with E-state index in [1.54, 1.807) is 0 Å². The number of amides is 1. The number of nitrogens with zero attached hydrogens (tertiary/aromatic N) is 1. The number of aryl methyl sites for hydroxylation is 2. The highest BCUT2D eigenvalue weighted by Gasteiger charge is 2.20. The van der Waals surface area contributed by atoms with Crippen LogP contribution in [0, 0.1) is 6.92 Å². The van der Waals surface area contributed by atoms with Gasteiger partial charge < -0.3 is 10.1 Å². The summed E-state index contributed by atoms with van der Waals surface area (Å²) in [7, 11) is -3.50. The van der Waals surface area contributed by atoms with Gasteiger partial charge in [-0.3, -0.25) is 4.79 Å². The van der Waals surface area contributed by atoms with Crippen molar-refractivity contribution < 1.29 is 17.9 Å². The molecule has 2 aromatic rings. The molecule has 0 radical (unpaired) electrons. The van der Waals surface area contributed by atoms with Gasteiger partial charge in [-0.2, -0.15) is 4.31 Å². The smallest absolute Gasteiger partial charge is 0.235 e. The summed E-state index contributed by atoms with van der Waals surface area (Å²) in [5.74, 6) is 0.538. The molecule has 0 aliphatic rings. The van der Waals surface area contributed by atoms with Gasteiger partial charge in [0.05, 0.1) is 18.9 Å². The number of hydrogen-bond donors (Lipinski definition) is 1. The maximum atomic E-state index is 12.3. The van der Waals surface area contributed by atoms with E-state index in [0.717, 1.165) is 41.5 Å². The summed E-state index contributed by atoms with van der Waals surface area (Å²) < 4.78 is 31.1. The lowest BCUT2D eigenvalue weighted by Gasteiger charge is -2.19. The predicted octanol–water partition coefficient (Wildman–Crippen LogP) is 3.29. The first-order chi connectivity index (χ1) is 14.1. The van der Waals surface area contributed by atoms with Crippen molar-refractivity contribution in [1.29, 1.82) is 0 Å². The molecule has 0 saturated carbocycles. The Kier molecular flexibility index (Phi) is 8.87. The maximum Gasteiger partial charge on any atom is 0.235 e. The van der Waals surface area contributed by atoms with Crippen molar-refractivity contribution in [2.75, 3.05) is 19.3 Å². The number of carbonyl (C=O) groups excluding carboxylic acids is 1. The Balaban J connectivity index is 1.82. The molecule has 0 saturated heterocycles. The molecule has 6 nitrogen and oxygen atoms in total. The summed E-state index contributed by atoms with van der Waals surface area (Å²) in [6.07, 6.45) is 2.81. The van der Waals surface area contributed by atoms with Gasteiger partial charge in [0, 0.05) is 13.1 Å². The third-order valence-corrected chi connectivity index (χ3v) is 5.70. The summed E-state index contributed by atoms with van der Waals surface area (Å²) in [6, 6.07) is 15.5. The molecule has 0 fully saturated rings. The zero-order chi connectivity index (χ0) is 22.1. The summed E-state index contributed by atoms with van der Waals surface area (Å²) in [6.45, 7) is 6.41. The average molecular weight is 433 g/mol. The molecule has 0 aromatic heterocycles. The third-order valence-electron chi connectivity index (χ3n) is 4.50. The predicted molar refractivity (Wildman–Crippen MR) is 120 cm³/mol. The van der Waals surface area contributed by atoms with Crippen molar-refractivity contribution in [1.82, 2.24) is 9.62 Å². The Morgan fingerprint density at radius 2 is 1.80 bits per heavy atom. The topological polar surface area (TPSA) is 75.7 Å². The summed E-state index contributed by atoms with van der Waals surface area (Å²) in [5, 5.41) is 2.82. The Bertz CT molecular complexity index is 924. The van der Waals surface area contributed by atoms with E-state index in [-0.39, 0.29) is 25.1 Å². The minimum atomic E-state index is -3.50. The van der Waals surface area contributed by atoms with Crippen molar-refractivity contribution in [3.8, 4) is 5.75 Å². The fourth-order valence-corrected chi connectivity index (χ4v) is 3.71. The fourth-order valence-electron chi connectivity index (χ4n) is 2.97. The van der Waals surface area contributed by atoms with E-state index in [1.165, 1.54) is 4.31 Å². The molecular weight excluding hydrogens is 400 g/mol. The monoisotopic (exact) mass is 432 g/mol. The van der Waals surface area contributed by atoms with E-state index in [4.69, 9.17) is 4.74 Å². The highest BCUT2D eigenvalue weighted by atomic mass is 32.2. The van der Waals surface area contributed by atoms with Crippen molar-refractivity contribution in [2.24, 2.45) is 0 Å². The first kappa shape index (κ1) is 23.9. The Hall–Kier alpha value is -2.38. The fraction of sp³-hybridized carbons (Fsp3) is 0.435. The lowest BCUT2D eigenvalue weighted by Crippen LogP contribution is -2.40. The number of ether oxygens (including phenoxy) is 1. The lowest BCUT2D eigenvalue weighted by molar-refractivity contribution is -0.121. The van der Waals surface area contributed by atoms with E-state index in [0.29, 0.717) is 6.54 Å². The second-order valence-electron chi connectivity index (χ2n) is 7.78. The molecule has 0 heterocycles. The van der Waals surface area contributed by atoms with Crippen LogP contribution in [0.5, 0.6) is 5.75 Å². The second kappa shape index (κ2) is 11.1. The Labute approximate surface area is 180 Å². The van der Waals surface area contributed by atoms with Crippen LogP contribution in [0.1, 0.15) is 37.0 Å². The van der Waals surface area contributed by atoms with E-state index < -0.39 is 10.0 Å². The highest BCUT2D eigenvalue weighted by molar-refractivity contribution is 7.88. The van der Waals surface area contributed by atoms with E-state index in [2.05, 4.69) is 5.32 Å². The normalized spacial score (nSPS) is 11.7. The zero-order valence-electron chi connectivity index (χ0n) is 18.2. The van der Waals surface area contributed by atoms with Gasteiger partial charge in [-0.05, 0) is 56.9 Å². The van der Waals surface area contributed by atoms with Gasteiger partial charge in [-0.25, -0.2) is 8.42 Å². The summed E-state index contributed by atoms with van der Waals surface area (Å²) >= 11 is 0. The maximum absolute atomic E-state index is 12.3. The molecule has 0 bridgehead atoms. The van der Waals surface area contributed by atoms with Crippen LogP contribution >= 0.6 is 0 Å². The molecule has 164 valence electrons. The van der Waals surface area contributed by atoms with Crippen LogP contribution < -0.4 is 10.1 Å². The molecule has 30 heavy (non-hydrogen) atoms. The van der Waals surface area contributed by atoms with Gasteiger partial charge in [-0.1, -0.05) is 42.0 Å². The SMILES string of the molecule is Cc1ccc(CN(CC(=O)NCCCc2cccc(OC(C)C)c2)S(C)(=O)=O)cc1. The third kappa shape index (κ3) is 8.55. The van der Waals surface area contributed by atoms with Gasteiger partial charge in [0.1, 0.15) is 5.75 Å². The number of nitrogens with one attached hydrogen (secondary N) is 1. The minimum Gasteiger partial charge on any atom is -0.491 e. The molecule has 0 unspecified atom stereocenters. The number of rotatable bonds is 11.